The first kappa shape index (κ1) is 42.0. The lowest BCUT2D eigenvalue weighted by Crippen LogP contribution is -2.32. The van der Waals surface area contributed by atoms with Crippen LogP contribution in [0.15, 0.2) is 0 Å². The number of ether oxygens (including phenoxy) is 4. The molecule has 0 heterocycles. The summed E-state index contributed by atoms with van der Waals surface area (Å²) < 4.78 is 23.9. The third-order valence-corrected chi connectivity index (χ3v) is 7.91. The molecule has 0 unspecified atom stereocenters. The van der Waals surface area contributed by atoms with Gasteiger partial charge in [-0.05, 0) is 52.4 Å². The summed E-state index contributed by atoms with van der Waals surface area (Å²) >= 11 is 0. The van der Waals surface area contributed by atoms with E-state index in [1.165, 1.54) is 103 Å². The monoisotopic (exact) mass is 573 g/mol. The van der Waals surface area contributed by atoms with Crippen LogP contribution in [-0.4, -0.2) is 38.0 Å². The van der Waals surface area contributed by atoms with Gasteiger partial charge in [-0.1, -0.05) is 144 Å². The van der Waals surface area contributed by atoms with Gasteiger partial charge in [0.2, 0.25) is 0 Å². The minimum atomic E-state index is -0.366. The van der Waals surface area contributed by atoms with Crippen molar-refractivity contribution in [2.24, 2.45) is 0 Å². The topological polar surface area (TPSA) is 36.9 Å². The molecule has 0 N–H and O–H groups in total. The highest BCUT2D eigenvalue weighted by molar-refractivity contribution is 4.62. The number of rotatable bonds is 30. The van der Waals surface area contributed by atoms with Crippen LogP contribution in [0.3, 0.4) is 0 Å². The third kappa shape index (κ3) is 29.3. The van der Waals surface area contributed by atoms with E-state index in [4.69, 9.17) is 18.9 Å². The molecule has 0 aromatic heterocycles. The Morgan fingerprint density at radius 3 is 0.675 bits per heavy atom. The van der Waals surface area contributed by atoms with Gasteiger partial charge < -0.3 is 18.9 Å². The molecule has 0 aromatic carbocycles. The maximum atomic E-state index is 5.96. The maximum Gasteiger partial charge on any atom is 0.165 e. The fourth-order valence-electron chi connectivity index (χ4n) is 4.47. The maximum absolute atomic E-state index is 5.96. The van der Waals surface area contributed by atoms with E-state index in [0.29, 0.717) is 0 Å². The fourth-order valence-corrected chi connectivity index (χ4v) is 4.47. The smallest absolute Gasteiger partial charge is 0.165 e. The molecule has 4 nitrogen and oxygen atoms in total. The highest BCUT2D eigenvalue weighted by Crippen LogP contribution is 2.20. The van der Waals surface area contributed by atoms with Crippen LogP contribution in [0.1, 0.15) is 197 Å². The van der Waals surface area contributed by atoms with Gasteiger partial charge in [0.05, 0.1) is 26.4 Å². The van der Waals surface area contributed by atoms with Gasteiger partial charge >= 0.3 is 0 Å². The van der Waals surface area contributed by atoms with E-state index in [1.807, 2.05) is 0 Å². The zero-order chi connectivity index (χ0) is 30.2. The van der Waals surface area contributed by atoms with E-state index < -0.39 is 0 Å². The number of unbranched alkanes of at least 4 members (excludes halogenated alkanes) is 16. The van der Waals surface area contributed by atoms with Crippen molar-refractivity contribution in [3.8, 4) is 0 Å². The molecule has 0 radical (unpaired) electrons. The molecule has 0 rings (SSSR count). The molecule has 0 aliphatic heterocycles. The van der Waals surface area contributed by atoms with Crippen molar-refractivity contribution in [1.82, 2.24) is 0 Å². The van der Waals surface area contributed by atoms with Crippen molar-refractivity contribution < 1.29 is 18.9 Å². The average Bonchev–Trinajstić information content (AvgIpc) is 2.96. The molecule has 0 bridgehead atoms. The van der Waals surface area contributed by atoms with Gasteiger partial charge in [-0.15, -0.1) is 0 Å². The fraction of sp³-hybridized carbons (Fsp3) is 1.00. The Kier molecular flexibility index (Phi) is 33.3. The SMILES string of the molecule is CCCCCCCOC(C)(CC)OCCCCCCC.CCCCCCCOC(C)(CC)OCCCCCCC. The summed E-state index contributed by atoms with van der Waals surface area (Å²) in [5.41, 5.74) is 0. The summed E-state index contributed by atoms with van der Waals surface area (Å²) in [5, 5.41) is 0. The van der Waals surface area contributed by atoms with Gasteiger partial charge in [-0.3, -0.25) is 0 Å². The molecule has 0 spiro atoms. The van der Waals surface area contributed by atoms with Crippen molar-refractivity contribution in [1.29, 1.82) is 0 Å². The molecule has 244 valence electrons. The lowest BCUT2D eigenvalue weighted by atomic mass is 10.1. The molecular formula is C36H76O4. The van der Waals surface area contributed by atoms with Gasteiger partial charge in [-0.25, -0.2) is 0 Å². The molecule has 0 aliphatic carbocycles. The Hall–Kier alpha value is -0.160. The van der Waals surface area contributed by atoms with Gasteiger partial charge in [0, 0.05) is 0 Å². The third-order valence-electron chi connectivity index (χ3n) is 7.91. The Bertz CT molecular complexity index is 394. The van der Waals surface area contributed by atoms with Crippen molar-refractivity contribution in [3.05, 3.63) is 0 Å². The molecule has 0 fully saturated rings. The van der Waals surface area contributed by atoms with Gasteiger partial charge in [0.25, 0.3) is 0 Å². The summed E-state index contributed by atoms with van der Waals surface area (Å²) in [6.45, 7) is 20.8. The number of hydrogen-bond donors (Lipinski definition) is 0. The van der Waals surface area contributed by atoms with E-state index >= 15 is 0 Å². The van der Waals surface area contributed by atoms with Crippen LogP contribution < -0.4 is 0 Å². The first-order chi connectivity index (χ1) is 19.4. The summed E-state index contributed by atoms with van der Waals surface area (Å²) in [4.78, 5) is 0. The first-order valence-corrected chi connectivity index (χ1v) is 17.9. The lowest BCUT2D eigenvalue weighted by Gasteiger charge is -2.29. The second-order valence-corrected chi connectivity index (χ2v) is 12.0. The standard InChI is InChI=1S/2C18H38O2/c2*1-5-8-10-12-14-16-19-18(4,7-3)20-17-15-13-11-9-6-2/h2*5-17H2,1-4H3. The summed E-state index contributed by atoms with van der Waals surface area (Å²) in [5.74, 6) is -0.731. The Morgan fingerprint density at radius 1 is 0.300 bits per heavy atom. The number of hydrogen-bond acceptors (Lipinski definition) is 4. The molecule has 0 atom stereocenters. The molecule has 0 amide bonds. The predicted molar refractivity (Wildman–Crippen MR) is 176 cm³/mol. The normalized spacial score (nSPS) is 12.0. The van der Waals surface area contributed by atoms with E-state index in [0.717, 1.165) is 65.0 Å². The van der Waals surface area contributed by atoms with E-state index in [1.54, 1.807) is 0 Å². The molecule has 4 heteroatoms. The van der Waals surface area contributed by atoms with Crippen molar-refractivity contribution in [2.75, 3.05) is 26.4 Å². The summed E-state index contributed by atoms with van der Waals surface area (Å²) in [6, 6.07) is 0. The van der Waals surface area contributed by atoms with Gasteiger partial charge in [0.15, 0.2) is 11.6 Å². The quantitative estimate of drug-likeness (QED) is 0.0633. The van der Waals surface area contributed by atoms with Gasteiger partial charge in [-0.2, -0.15) is 0 Å². The van der Waals surface area contributed by atoms with E-state index in [-0.39, 0.29) is 11.6 Å². The largest absolute Gasteiger partial charge is 0.350 e. The summed E-state index contributed by atoms with van der Waals surface area (Å²) in [6.07, 6.45) is 27.6. The second-order valence-electron chi connectivity index (χ2n) is 12.0. The van der Waals surface area contributed by atoms with E-state index in [9.17, 15) is 0 Å². The van der Waals surface area contributed by atoms with Crippen LogP contribution in [-0.2, 0) is 18.9 Å². The average molecular weight is 573 g/mol. The predicted octanol–water partition coefficient (Wildman–Crippen LogP) is 12.2. The zero-order valence-electron chi connectivity index (χ0n) is 29.0. The minimum absolute atomic E-state index is 0.366. The van der Waals surface area contributed by atoms with Crippen molar-refractivity contribution >= 4 is 0 Å². The van der Waals surface area contributed by atoms with Crippen LogP contribution in [0.4, 0.5) is 0 Å². The van der Waals surface area contributed by atoms with Gasteiger partial charge in [0.1, 0.15) is 0 Å². The second kappa shape index (κ2) is 31.8. The van der Waals surface area contributed by atoms with Crippen molar-refractivity contribution in [3.63, 3.8) is 0 Å². The molecule has 0 saturated carbocycles. The zero-order valence-corrected chi connectivity index (χ0v) is 29.0. The van der Waals surface area contributed by atoms with Crippen LogP contribution in [0.5, 0.6) is 0 Å². The van der Waals surface area contributed by atoms with Crippen LogP contribution in [0, 0.1) is 0 Å². The molecule has 40 heavy (non-hydrogen) atoms. The van der Waals surface area contributed by atoms with Crippen LogP contribution >= 0.6 is 0 Å². The Morgan fingerprint density at radius 2 is 0.500 bits per heavy atom. The first-order valence-electron chi connectivity index (χ1n) is 17.9. The molecule has 0 aliphatic rings. The highest BCUT2D eigenvalue weighted by atomic mass is 16.7. The van der Waals surface area contributed by atoms with Crippen LogP contribution in [0.2, 0.25) is 0 Å². The minimum Gasteiger partial charge on any atom is -0.350 e. The highest BCUT2D eigenvalue weighted by Gasteiger charge is 2.23. The molecule has 0 aromatic rings. The van der Waals surface area contributed by atoms with Crippen molar-refractivity contribution in [2.45, 2.75) is 208 Å². The van der Waals surface area contributed by atoms with Crippen LogP contribution in [0.25, 0.3) is 0 Å². The van der Waals surface area contributed by atoms with E-state index in [2.05, 4.69) is 55.4 Å². The molecular weight excluding hydrogens is 496 g/mol. The molecule has 0 saturated heterocycles. The lowest BCUT2D eigenvalue weighted by molar-refractivity contribution is -0.228. The Balaban J connectivity index is 0. The Labute approximate surface area is 253 Å². The summed E-state index contributed by atoms with van der Waals surface area (Å²) in [7, 11) is 0.